The number of benzene rings is 1. The number of rotatable bonds is 7. The normalized spacial score (nSPS) is 13.2. The monoisotopic (exact) mass is 357 g/mol. The zero-order valence-corrected chi connectivity index (χ0v) is 14.1. The molecule has 1 N–H and O–H groups in total. The van der Waals surface area contributed by atoms with Gasteiger partial charge >= 0.3 is 11.7 Å². The summed E-state index contributed by atoms with van der Waals surface area (Å²) in [4.78, 5) is 47.8. The van der Waals surface area contributed by atoms with E-state index in [1.807, 2.05) is 30.3 Å². The first kappa shape index (κ1) is 17.7. The highest BCUT2D eigenvalue weighted by molar-refractivity contribution is 5.80. The lowest BCUT2D eigenvalue weighted by molar-refractivity contribution is -0.149. The Morgan fingerprint density at radius 3 is 2.54 bits per heavy atom. The minimum Gasteiger partial charge on any atom is -0.454 e. The number of nitrogens with zero attached hydrogens (tertiary/aromatic N) is 2. The zero-order chi connectivity index (χ0) is 18.5. The standard InChI is InChI=1S/C18H19N3O5/c22-15(19-14-6-7-14)12-26-17(24)11-21-16(23)8-9-20(18(21)25)10-13-4-2-1-3-5-13/h1-5,8-9,14H,6-7,10-12H2,(H,19,22). The molecule has 136 valence electrons. The highest BCUT2D eigenvalue weighted by Crippen LogP contribution is 2.18. The van der Waals surface area contributed by atoms with Crippen LogP contribution in [-0.4, -0.2) is 33.7 Å². The third kappa shape index (κ3) is 4.69. The topological polar surface area (TPSA) is 99.4 Å². The van der Waals surface area contributed by atoms with Gasteiger partial charge in [0.2, 0.25) is 0 Å². The molecule has 26 heavy (non-hydrogen) atoms. The first-order valence-electron chi connectivity index (χ1n) is 8.32. The van der Waals surface area contributed by atoms with E-state index in [1.54, 1.807) is 0 Å². The molecule has 1 aliphatic carbocycles. The van der Waals surface area contributed by atoms with Gasteiger partial charge in [-0.15, -0.1) is 0 Å². The molecular formula is C18H19N3O5. The van der Waals surface area contributed by atoms with Gasteiger partial charge in [0.25, 0.3) is 11.5 Å². The number of nitrogens with one attached hydrogen (secondary N) is 1. The van der Waals surface area contributed by atoms with Gasteiger partial charge in [0.1, 0.15) is 6.54 Å². The van der Waals surface area contributed by atoms with Crippen LogP contribution in [0, 0.1) is 0 Å². The molecule has 0 atom stereocenters. The Balaban J connectivity index is 1.65. The van der Waals surface area contributed by atoms with E-state index < -0.39 is 30.4 Å². The molecule has 1 aromatic heterocycles. The molecule has 0 bridgehead atoms. The van der Waals surface area contributed by atoms with Crippen LogP contribution < -0.4 is 16.6 Å². The number of hydrogen-bond donors (Lipinski definition) is 1. The maximum Gasteiger partial charge on any atom is 0.331 e. The average Bonchev–Trinajstić information content (AvgIpc) is 3.44. The number of carbonyl (C=O) groups excluding carboxylic acids is 2. The quantitative estimate of drug-likeness (QED) is 0.697. The second-order valence-corrected chi connectivity index (χ2v) is 6.14. The number of amides is 1. The van der Waals surface area contributed by atoms with Crippen LogP contribution in [0.1, 0.15) is 18.4 Å². The van der Waals surface area contributed by atoms with Crippen LogP contribution in [0.4, 0.5) is 0 Å². The summed E-state index contributed by atoms with van der Waals surface area (Å²) in [5.41, 5.74) is -0.321. The van der Waals surface area contributed by atoms with Crippen molar-refractivity contribution in [3.8, 4) is 0 Å². The Morgan fingerprint density at radius 2 is 1.85 bits per heavy atom. The van der Waals surface area contributed by atoms with Crippen LogP contribution >= 0.6 is 0 Å². The van der Waals surface area contributed by atoms with Crippen LogP contribution in [0.2, 0.25) is 0 Å². The van der Waals surface area contributed by atoms with E-state index in [0.717, 1.165) is 23.0 Å². The van der Waals surface area contributed by atoms with E-state index in [2.05, 4.69) is 5.32 Å². The van der Waals surface area contributed by atoms with Gasteiger partial charge in [0, 0.05) is 18.3 Å². The molecule has 3 rings (SSSR count). The zero-order valence-electron chi connectivity index (χ0n) is 14.1. The van der Waals surface area contributed by atoms with E-state index in [-0.39, 0.29) is 18.5 Å². The first-order valence-corrected chi connectivity index (χ1v) is 8.32. The smallest absolute Gasteiger partial charge is 0.331 e. The van der Waals surface area contributed by atoms with Crippen molar-refractivity contribution >= 4 is 11.9 Å². The van der Waals surface area contributed by atoms with Gasteiger partial charge in [-0.1, -0.05) is 30.3 Å². The fourth-order valence-corrected chi connectivity index (χ4v) is 2.42. The van der Waals surface area contributed by atoms with Crippen LogP contribution in [-0.2, 0) is 27.4 Å². The molecule has 1 amide bonds. The third-order valence-electron chi connectivity index (χ3n) is 3.93. The fourth-order valence-electron chi connectivity index (χ4n) is 2.42. The molecule has 0 unspecified atom stereocenters. The van der Waals surface area contributed by atoms with Crippen molar-refractivity contribution < 1.29 is 14.3 Å². The van der Waals surface area contributed by atoms with Crippen molar-refractivity contribution in [1.82, 2.24) is 14.5 Å². The van der Waals surface area contributed by atoms with Crippen LogP contribution in [0.3, 0.4) is 0 Å². The van der Waals surface area contributed by atoms with Gasteiger partial charge in [-0.05, 0) is 18.4 Å². The molecule has 1 aliphatic rings. The molecule has 8 heteroatoms. The van der Waals surface area contributed by atoms with Crippen LogP contribution in [0.15, 0.2) is 52.2 Å². The van der Waals surface area contributed by atoms with E-state index in [4.69, 9.17) is 4.74 Å². The summed E-state index contributed by atoms with van der Waals surface area (Å²) in [6.07, 6.45) is 3.25. The summed E-state index contributed by atoms with van der Waals surface area (Å²) in [5.74, 6) is -1.20. The highest BCUT2D eigenvalue weighted by atomic mass is 16.5. The number of carbonyl (C=O) groups is 2. The first-order chi connectivity index (χ1) is 12.5. The summed E-state index contributed by atoms with van der Waals surface area (Å²) >= 11 is 0. The van der Waals surface area contributed by atoms with Gasteiger partial charge in [-0.2, -0.15) is 0 Å². The Hall–Kier alpha value is -3.16. The predicted octanol–water partition coefficient (Wildman–Crippen LogP) is -0.120. The van der Waals surface area contributed by atoms with Crippen LogP contribution in [0.25, 0.3) is 0 Å². The molecule has 0 saturated heterocycles. The van der Waals surface area contributed by atoms with Gasteiger partial charge in [0.15, 0.2) is 6.61 Å². The molecule has 1 fully saturated rings. The summed E-state index contributed by atoms with van der Waals surface area (Å²) < 4.78 is 6.98. The molecule has 2 aromatic rings. The number of aromatic nitrogens is 2. The van der Waals surface area contributed by atoms with E-state index >= 15 is 0 Å². The molecule has 0 radical (unpaired) electrons. The number of ether oxygens (including phenoxy) is 1. The lowest BCUT2D eigenvalue weighted by atomic mass is 10.2. The van der Waals surface area contributed by atoms with Gasteiger partial charge in [-0.3, -0.25) is 19.0 Å². The van der Waals surface area contributed by atoms with Crippen molar-refractivity contribution in [1.29, 1.82) is 0 Å². The Bertz CT molecular complexity index is 912. The Kier molecular flexibility index (Phi) is 5.31. The maximum absolute atomic E-state index is 12.5. The molecular weight excluding hydrogens is 338 g/mol. The molecule has 1 saturated carbocycles. The second kappa shape index (κ2) is 7.81. The molecule has 0 spiro atoms. The van der Waals surface area contributed by atoms with Crippen molar-refractivity contribution in [2.75, 3.05) is 6.61 Å². The maximum atomic E-state index is 12.5. The average molecular weight is 357 g/mol. The molecule has 8 nitrogen and oxygen atoms in total. The third-order valence-corrected chi connectivity index (χ3v) is 3.93. The van der Waals surface area contributed by atoms with Gasteiger partial charge < -0.3 is 10.1 Å². The largest absolute Gasteiger partial charge is 0.454 e. The van der Waals surface area contributed by atoms with E-state index in [9.17, 15) is 19.2 Å². The van der Waals surface area contributed by atoms with Gasteiger partial charge in [-0.25, -0.2) is 9.36 Å². The summed E-state index contributed by atoms with van der Waals surface area (Å²) in [6, 6.07) is 10.7. The Morgan fingerprint density at radius 1 is 1.12 bits per heavy atom. The second-order valence-electron chi connectivity index (χ2n) is 6.14. The molecule has 0 aliphatic heterocycles. The lowest BCUT2D eigenvalue weighted by Crippen LogP contribution is -2.41. The number of esters is 1. The van der Waals surface area contributed by atoms with Gasteiger partial charge in [0.05, 0.1) is 6.54 Å². The van der Waals surface area contributed by atoms with Crippen LogP contribution in [0.5, 0.6) is 0 Å². The highest BCUT2D eigenvalue weighted by Gasteiger charge is 2.23. The molecule has 1 aromatic carbocycles. The SMILES string of the molecule is O=C(COC(=O)Cn1c(=O)ccn(Cc2ccccc2)c1=O)NC1CC1. The van der Waals surface area contributed by atoms with E-state index in [0.29, 0.717) is 0 Å². The predicted molar refractivity (Wildman–Crippen MR) is 92.6 cm³/mol. The minimum absolute atomic E-state index is 0.170. The molecule has 1 heterocycles. The minimum atomic E-state index is -0.812. The summed E-state index contributed by atoms with van der Waals surface area (Å²) in [5, 5.41) is 2.68. The van der Waals surface area contributed by atoms with Crippen molar-refractivity contribution in [2.24, 2.45) is 0 Å². The van der Waals surface area contributed by atoms with E-state index in [1.165, 1.54) is 16.8 Å². The summed E-state index contributed by atoms with van der Waals surface area (Å²) in [6.45, 7) is -0.683. The van der Waals surface area contributed by atoms with Crippen molar-refractivity contribution in [2.45, 2.75) is 32.0 Å². The fraction of sp³-hybridized carbons (Fsp3) is 0.333. The van der Waals surface area contributed by atoms with Crippen molar-refractivity contribution in [3.05, 3.63) is 69.0 Å². The lowest BCUT2D eigenvalue weighted by Gasteiger charge is -2.10. The van der Waals surface area contributed by atoms with Crippen molar-refractivity contribution in [3.63, 3.8) is 0 Å². The summed E-state index contributed by atoms with van der Waals surface area (Å²) in [7, 11) is 0. The Labute approximate surface area is 149 Å². The number of hydrogen-bond acceptors (Lipinski definition) is 5.